The molecule has 2 rings (SSSR count). The van der Waals surface area contributed by atoms with Crippen LogP contribution in [0.4, 0.5) is 0 Å². The smallest absolute Gasteiger partial charge is 0.241 e. The van der Waals surface area contributed by atoms with Crippen LogP contribution in [0, 0.1) is 11.8 Å². The number of rotatable bonds is 7. The van der Waals surface area contributed by atoms with Crippen LogP contribution in [0.3, 0.4) is 0 Å². The summed E-state index contributed by atoms with van der Waals surface area (Å²) < 4.78 is 27.4. The Bertz CT molecular complexity index is 605. The maximum absolute atomic E-state index is 12.4. The summed E-state index contributed by atoms with van der Waals surface area (Å²) in [5.41, 5.74) is 1.16. The third-order valence-corrected chi connectivity index (χ3v) is 5.46. The summed E-state index contributed by atoms with van der Waals surface area (Å²) in [5.74, 6) is 0.685. The molecule has 0 aromatic heterocycles. The standard InChI is InChI=1S/C17H25NO3S/c1-13(2)3-4-14-6-9-17(10-7-14)22(20,21)18-16-8-5-15(11-16)12-19/h5-10,13,15-16,18-19H,3-4,11-12H2,1-2H3/t15-,16+/m0/s1. The van der Waals surface area contributed by atoms with E-state index in [0.29, 0.717) is 17.2 Å². The average molecular weight is 323 g/mol. The highest BCUT2D eigenvalue weighted by atomic mass is 32.2. The van der Waals surface area contributed by atoms with Gasteiger partial charge in [-0.1, -0.05) is 38.1 Å². The Labute approximate surface area is 133 Å². The zero-order chi connectivity index (χ0) is 16.2. The van der Waals surface area contributed by atoms with E-state index in [-0.39, 0.29) is 18.6 Å². The number of hydrogen-bond acceptors (Lipinski definition) is 3. The van der Waals surface area contributed by atoms with E-state index in [1.807, 2.05) is 24.3 Å². The van der Waals surface area contributed by atoms with E-state index in [1.54, 1.807) is 12.1 Å². The number of sulfonamides is 1. The summed E-state index contributed by atoms with van der Waals surface area (Å²) in [6, 6.07) is 6.87. The topological polar surface area (TPSA) is 66.4 Å². The SMILES string of the molecule is CC(C)CCc1ccc(S(=O)(=O)N[C@@H]2C=C[C@H](CO)C2)cc1. The van der Waals surface area contributed by atoms with Crippen LogP contribution in [-0.2, 0) is 16.4 Å². The van der Waals surface area contributed by atoms with Crippen LogP contribution in [0.25, 0.3) is 0 Å². The molecule has 5 heteroatoms. The molecule has 0 spiro atoms. The third-order valence-electron chi connectivity index (χ3n) is 3.96. The Hall–Kier alpha value is -1.17. The molecular weight excluding hydrogens is 298 g/mol. The predicted molar refractivity (Wildman–Crippen MR) is 88.0 cm³/mol. The Morgan fingerprint density at radius 1 is 1.23 bits per heavy atom. The molecule has 1 aromatic carbocycles. The van der Waals surface area contributed by atoms with Crippen molar-refractivity contribution in [2.45, 2.75) is 44.0 Å². The highest BCUT2D eigenvalue weighted by Gasteiger charge is 2.24. The molecule has 0 fully saturated rings. The fraction of sp³-hybridized carbons (Fsp3) is 0.529. The largest absolute Gasteiger partial charge is 0.396 e. The fourth-order valence-corrected chi connectivity index (χ4v) is 3.76. The first-order valence-electron chi connectivity index (χ1n) is 7.81. The summed E-state index contributed by atoms with van der Waals surface area (Å²) in [5, 5.41) is 9.09. The molecule has 22 heavy (non-hydrogen) atoms. The lowest BCUT2D eigenvalue weighted by Gasteiger charge is -2.13. The van der Waals surface area contributed by atoms with Crippen molar-refractivity contribution in [1.82, 2.24) is 4.72 Å². The normalized spacial score (nSPS) is 21.6. The molecule has 0 amide bonds. The molecule has 0 heterocycles. The summed E-state index contributed by atoms with van der Waals surface area (Å²) in [4.78, 5) is 0.293. The van der Waals surface area contributed by atoms with Gasteiger partial charge in [-0.05, 0) is 42.9 Å². The molecule has 0 radical (unpaired) electrons. The number of hydrogen-bond donors (Lipinski definition) is 2. The second-order valence-electron chi connectivity index (χ2n) is 6.37. The van der Waals surface area contributed by atoms with Crippen molar-refractivity contribution in [1.29, 1.82) is 0 Å². The maximum Gasteiger partial charge on any atom is 0.241 e. The second kappa shape index (κ2) is 7.40. The van der Waals surface area contributed by atoms with Crippen molar-refractivity contribution < 1.29 is 13.5 Å². The first kappa shape index (κ1) is 17.2. The van der Waals surface area contributed by atoms with E-state index < -0.39 is 10.0 Å². The van der Waals surface area contributed by atoms with Crippen molar-refractivity contribution in [3.63, 3.8) is 0 Å². The predicted octanol–water partition coefficient (Wildman–Crippen LogP) is 2.49. The lowest BCUT2D eigenvalue weighted by Crippen LogP contribution is -2.32. The van der Waals surface area contributed by atoms with Gasteiger partial charge < -0.3 is 5.11 Å². The van der Waals surface area contributed by atoms with Gasteiger partial charge in [0, 0.05) is 18.6 Å². The van der Waals surface area contributed by atoms with Crippen molar-refractivity contribution in [3.05, 3.63) is 42.0 Å². The van der Waals surface area contributed by atoms with Gasteiger partial charge in [0.25, 0.3) is 0 Å². The number of aryl methyl sites for hydroxylation is 1. The number of nitrogens with one attached hydrogen (secondary N) is 1. The van der Waals surface area contributed by atoms with Gasteiger partial charge in [-0.2, -0.15) is 0 Å². The molecule has 2 atom stereocenters. The van der Waals surface area contributed by atoms with Gasteiger partial charge in [-0.25, -0.2) is 13.1 Å². The Morgan fingerprint density at radius 3 is 2.45 bits per heavy atom. The van der Waals surface area contributed by atoms with Crippen molar-refractivity contribution in [3.8, 4) is 0 Å². The molecule has 0 saturated heterocycles. The summed E-state index contributed by atoms with van der Waals surface area (Å²) in [6.07, 6.45) is 6.36. The Kier molecular flexibility index (Phi) is 5.78. The highest BCUT2D eigenvalue weighted by Crippen LogP contribution is 2.20. The van der Waals surface area contributed by atoms with Crippen LogP contribution in [0.5, 0.6) is 0 Å². The number of aliphatic hydroxyl groups excluding tert-OH is 1. The van der Waals surface area contributed by atoms with Crippen molar-refractivity contribution in [2.24, 2.45) is 11.8 Å². The van der Waals surface area contributed by atoms with Gasteiger partial charge in [0.05, 0.1) is 4.90 Å². The summed E-state index contributed by atoms with van der Waals surface area (Å²) >= 11 is 0. The van der Waals surface area contributed by atoms with E-state index in [2.05, 4.69) is 18.6 Å². The van der Waals surface area contributed by atoms with Crippen LogP contribution in [0.1, 0.15) is 32.3 Å². The monoisotopic (exact) mass is 323 g/mol. The minimum absolute atomic E-state index is 0.0473. The van der Waals surface area contributed by atoms with E-state index in [1.165, 1.54) is 0 Å². The zero-order valence-corrected chi connectivity index (χ0v) is 14.0. The average Bonchev–Trinajstić information content (AvgIpc) is 2.92. The molecule has 0 unspecified atom stereocenters. The maximum atomic E-state index is 12.4. The van der Waals surface area contributed by atoms with Gasteiger partial charge >= 0.3 is 0 Å². The van der Waals surface area contributed by atoms with Gasteiger partial charge in [0.2, 0.25) is 10.0 Å². The molecule has 1 aromatic rings. The quantitative estimate of drug-likeness (QED) is 0.758. The molecule has 0 aliphatic heterocycles. The molecule has 2 N–H and O–H groups in total. The minimum atomic E-state index is -3.51. The van der Waals surface area contributed by atoms with E-state index >= 15 is 0 Å². The van der Waals surface area contributed by atoms with Crippen LogP contribution >= 0.6 is 0 Å². The van der Waals surface area contributed by atoms with Crippen LogP contribution in [0.2, 0.25) is 0 Å². The summed E-state index contributed by atoms with van der Waals surface area (Å²) in [6.45, 7) is 4.41. The van der Waals surface area contributed by atoms with E-state index in [4.69, 9.17) is 5.11 Å². The molecule has 0 bridgehead atoms. The lowest BCUT2D eigenvalue weighted by atomic mass is 10.0. The van der Waals surface area contributed by atoms with E-state index in [9.17, 15) is 8.42 Å². The number of benzene rings is 1. The fourth-order valence-electron chi connectivity index (χ4n) is 2.56. The molecule has 4 nitrogen and oxygen atoms in total. The van der Waals surface area contributed by atoms with Gasteiger partial charge in [0.15, 0.2) is 0 Å². The zero-order valence-electron chi connectivity index (χ0n) is 13.2. The minimum Gasteiger partial charge on any atom is -0.396 e. The Balaban J connectivity index is 1.99. The second-order valence-corrected chi connectivity index (χ2v) is 8.08. The van der Waals surface area contributed by atoms with E-state index in [0.717, 1.165) is 18.4 Å². The lowest BCUT2D eigenvalue weighted by molar-refractivity contribution is 0.248. The van der Waals surface area contributed by atoms with Crippen LogP contribution < -0.4 is 4.72 Å². The molecule has 0 saturated carbocycles. The first-order chi connectivity index (χ1) is 10.4. The third kappa shape index (κ3) is 4.66. The van der Waals surface area contributed by atoms with Gasteiger partial charge in [-0.15, -0.1) is 0 Å². The summed E-state index contributed by atoms with van der Waals surface area (Å²) in [7, 11) is -3.51. The van der Waals surface area contributed by atoms with Gasteiger partial charge in [-0.3, -0.25) is 0 Å². The van der Waals surface area contributed by atoms with Crippen molar-refractivity contribution in [2.75, 3.05) is 6.61 Å². The Morgan fingerprint density at radius 2 is 1.91 bits per heavy atom. The molecule has 1 aliphatic rings. The highest BCUT2D eigenvalue weighted by molar-refractivity contribution is 7.89. The molecule has 1 aliphatic carbocycles. The van der Waals surface area contributed by atoms with Crippen molar-refractivity contribution >= 4 is 10.0 Å². The van der Waals surface area contributed by atoms with Crippen LogP contribution in [0.15, 0.2) is 41.3 Å². The molecular formula is C17H25NO3S. The van der Waals surface area contributed by atoms with Gasteiger partial charge in [0.1, 0.15) is 0 Å². The first-order valence-corrected chi connectivity index (χ1v) is 9.29. The number of aliphatic hydroxyl groups is 1. The van der Waals surface area contributed by atoms with Crippen LogP contribution in [-0.4, -0.2) is 26.2 Å². The molecule has 122 valence electrons.